The molecule has 1 heterocycles. The minimum atomic E-state index is -3.83. The Balaban J connectivity index is 2.00. The third kappa shape index (κ3) is 6.27. The van der Waals surface area contributed by atoms with Gasteiger partial charge in [-0.1, -0.05) is 25.3 Å². The molecule has 0 aliphatic heterocycles. The first kappa shape index (κ1) is 23.7. The Morgan fingerprint density at radius 3 is 2.55 bits per heavy atom. The molecule has 9 heteroatoms. The number of aromatic nitrogens is 1. The monoisotopic (exact) mass is 464 g/mol. The third-order valence-corrected chi connectivity index (χ3v) is 8.04. The molecule has 1 aliphatic carbocycles. The average Bonchev–Trinajstić information content (AvgIpc) is 3.17. The average molecular weight is 465 g/mol. The van der Waals surface area contributed by atoms with Crippen LogP contribution in [0.15, 0.2) is 29.3 Å². The van der Waals surface area contributed by atoms with Crippen molar-refractivity contribution in [3.8, 4) is 10.4 Å². The highest BCUT2D eigenvalue weighted by molar-refractivity contribution is 7.89. The number of benzene rings is 1. The van der Waals surface area contributed by atoms with Crippen molar-refractivity contribution < 1.29 is 13.2 Å². The second-order valence-corrected chi connectivity index (χ2v) is 11.7. The molecule has 0 bridgehead atoms. The van der Waals surface area contributed by atoms with E-state index in [4.69, 9.17) is 0 Å². The van der Waals surface area contributed by atoms with Gasteiger partial charge in [0.25, 0.3) is 0 Å². The molecule has 0 saturated heterocycles. The van der Waals surface area contributed by atoms with Gasteiger partial charge in [-0.3, -0.25) is 0 Å². The third-order valence-electron chi connectivity index (χ3n) is 5.05. The van der Waals surface area contributed by atoms with Crippen molar-refractivity contribution in [2.45, 2.75) is 76.2 Å². The first-order chi connectivity index (χ1) is 14.6. The standard InChI is InChI=1S/C22H32N4O3S2/c1-5-23-21(27)25-16-11-12-17(19(13-16)31(28,29)26-22(2,3)4)18-14-24-20(30-18)15-9-7-6-8-10-15/h11-15,26H,5-10H2,1-4H3,(H2,23,25,27). The minimum Gasteiger partial charge on any atom is -0.338 e. The first-order valence-electron chi connectivity index (χ1n) is 10.8. The number of sulfonamides is 1. The molecule has 31 heavy (non-hydrogen) atoms. The Morgan fingerprint density at radius 2 is 1.90 bits per heavy atom. The van der Waals surface area contributed by atoms with Crippen LogP contribution in [0.25, 0.3) is 10.4 Å². The van der Waals surface area contributed by atoms with E-state index < -0.39 is 15.6 Å². The van der Waals surface area contributed by atoms with Crippen LogP contribution in [0, 0.1) is 0 Å². The molecule has 1 aromatic heterocycles. The Morgan fingerprint density at radius 1 is 1.19 bits per heavy atom. The molecule has 0 unspecified atom stereocenters. The summed E-state index contributed by atoms with van der Waals surface area (Å²) >= 11 is 1.57. The normalized spacial score (nSPS) is 15.6. The number of urea groups is 1. The van der Waals surface area contributed by atoms with Gasteiger partial charge in [-0.2, -0.15) is 0 Å². The van der Waals surface area contributed by atoms with Crippen LogP contribution >= 0.6 is 11.3 Å². The highest BCUT2D eigenvalue weighted by Gasteiger charge is 2.27. The summed E-state index contributed by atoms with van der Waals surface area (Å²) in [5.41, 5.74) is 0.374. The lowest BCUT2D eigenvalue weighted by Gasteiger charge is -2.22. The van der Waals surface area contributed by atoms with Crippen LogP contribution in [0.3, 0.4) is 0 Å². The number of rotatable bonds is 6. The summed E-state index contributed by atoms with van der Waals surface area (Å²) in [6.07, 6.45) is 7.76. The van der Waals surface area contributed by atoms with E-state index in [1.54, 1.807) is 50.4 Å². The highest BCUT2D eigenvalue weighted by atomic mass is 32.2. The van der Waals surface area contributed by atoms with Crippen LogP contribution in [0.4, 0.5) is 10.5 Å². The largest absolute Gasteiger partial charge is 0.338 e. The molecule has 1 fully saturated rings. The number of thiazole rings is 1. The van der Waals surface area contributed by atoms with Crippen molar-refractivity contribution in [2.75, 3.05) is 11.9 Å². The van der Waals surface area contributed by atoms with E-state index in [0.717, 1.165) is 22.7 Å². The quantitative estimate of drug-likeness (QED) is 0.555. The maximum absolute atomic E-state index is 13.3. The zero-order valence-corrected chi connectivity index (χ0v) is 20.3. The topological polar surface area (TPSA) is 100 Å². The van der Waals surface area contributed by atoms with Gasteiger partial charge in [-0.15, -0.1) is 11.3 Å². The molecule has 2 amide bonds. The van der Waals surface area contributed by atoms with E-state index >= 15 is 0 Å². The zero-order valence-electron chi connectivity index (χ0n) is 18.6. The molecule has 0 radical (unpaired) electrons. The second kappa shape index (κ2) is 9.67. The SMILES string of the molecule is CCNC(=O)Nc1ccc(-c2cnc(C3CCCCC3)s2)c(S(=O)(=O)NC(C)(C)C)c1. The lowest BCUT2D eigenvalue weighted by molar-refractivity contribution is 0.252. The van der Waals surface area contributed by atoms with Crippen molar-refractivity contribution in [1.82, 2.24) is 15.0 Å². The number of carbonyl (C=O) groups excluding carboxylic acids is 1. The molecule has 2 aromatic rings. The molecule has 1 aromatic carbocycles. The molecule has 7 nitrogen and oxygen atoms in total. The van der Waals surface area contributed by atoms with Crippen LogP contribution in [-0.2, 0) is 10.0 Å². The maximum Gasteiger partial charge on any atom is 0.319 e. The summed E-state index contributed by atoms with van der Waals surface area (Å²) in [4.78, 5) is 17.5. The van der Waals surface area contributed by atoms with Crippen LogP contribution in [0.1, 0.15) is 70.7 Å². The molecular formula is C22H32N4O3S2. The molecule has 1 aliphatic rings. The van der Waals surface area contributed by atoms with E-state index in [0.29, 0.717) is 23.7 Å². The summed E-state index contributed by atoms with van der Waals surface area (Å²) in [6.45, 7) is 7.70. The smallest absolute Gasteiger partial charge is 0.319 e. The van der Waals surface area contributed by atoms with Gasteiger partial charge in [-0.25, -0.2) is 22.9 Å². The fourth-order valence-corrected chi connectivity index (χ4v) is 6.63. The predicted octanol–water partition coefficient (Wildman–Crippen LogP) is 5.08. The molecule has 3 N–H and O–H groups in total. The van der Waals surface area contributed by atoms with Gasteiger partial charge in [-0.05, 0) is 52.7 Å². The Bertz CT molecular complexity index is 1020. The Kier molecular flexibility index (Phi) is 7.39. The van der Waals surface area contributed by atoms with E-state index in [1.807, 2.05) is 6.92 Å². The minimum absolute atomic E-state index is 0.135. The van der Waals surface area contributed by atoms with Gasteiger partial charge in [0.1, 0.15) is 0 Å². The summed E-state index contributed by atoms with van der Waals surface area (Å²) in [6, 6.07) is 4.61. The number of nitrogens with one attached hydrogen (secondary N) is 3. The van der Waals surface area contributed by atoms with Crippen LogP contribution in [0.2, 0.25) is 0 Å². The number of hydrogen-bond acceptors (Lipinski definition) is 5. The van der Waals surface area contributed by atoms with Gasteiger partial charge >= 0.3 is 6.03 Å². The number of carbonyl (C=O) groups is 1. The van der Waals surface area contributed by atoms with Crippen LogP contribution in [-0.4, -0.2) is 31.5 Å². The molecular weight excluding hydrogens is 432 g/mol. The van der Waals surface area contributed by atoms with Crippen molar-refractivity contribution in [2.24, 2.45) is 0 Å². The fourth-order valence-electron chi connectivity index (χ4n) is 3.77. The summed E-state index contributed by atoms with van der Waals surface area (Å²) < 4.78 is 29.2. The number of amides is 2. The highest BCUT2D eigenvalue weighted by Crippen LogP contribution is 2.39. The molecule has 170 valence electrons. The van der Waals surface area contributed by atoms with Crippen molar-refractivity contribution in [3.63, 3.8) is 0 Å². The summed E-state index contributed by atoms with van der Waals surface area (Å²) in [5, 5.41) is 6.43. The van der Waals surface area contributed by atoms with Crippen molar-refractivity contribution in [1.29, 1.82) is 0 Å². The Hall–Kier alpha value is -1.97. The van der Waals surface area contributed by atoms with Gasteiger partial charge in [0, 0.05) is 35.4 Å². The van der Waals surface area contributed by atoms with Gasteiger partial charge in [0.2, 0.25) is 10.0 Å². The van der Waals surface area contributed by atoms with Gasteiger partial charge in [0.05, 0.1) is 14.8 Å². The number of anilines is 1. The summed E-state index contributed by atoms with van der Waals surface area (Å²) in [7, 11) is -3.83. The van der Waals surface area contributed by atoms with Gasteiger partial charge in [0.15, 0.2) is 0 Å². The van der Waals surface area contributed by atoms with Gasteiger partial charge < -0.3 is 10.6 Å². The molecule has 0 atom stereocenters. The first-order valence-corrected chi connectivity index (χ1v) is 13.1. The maximum atomic E-state index is 13.3. The lowest BCUT2D eigenvalue weighted by Crippen LogP contribution is -2.40. The number of hydrogen-bond donors (Lipinski definition) is 3. The summed E-state index contributed by atoms with van der Waals surface area (Å²) in [5.74, 6) is 0.457. The van der Waals surface area contributed by atoms with Crippen LogP contribution < -0.4 is 15.4 Å². The molecule has 0 spiro atoms. The molecule has 1 saturated carbocycles. The van der Waals surface area contributed by atoms with E-state index in [2.05, 4.69) is 20.3 Å². The van der Waals surface area contributed by atoms with E-state index in [9.17, 15) is 13.2 Å². The number of nitrogens with zero attached hydrogens (tertiary/aromatic N) is 1. The lowest BCUT2D eigenvalue weighted by atomic mass is 9.90. The zero-order chi connectivity index (χ0) is 22.6. The van der Waals surface area contributed by atoms with Crippen LogP contribution in [0.5, 0.6) is 0 Å². The molecule has 3 rings (SSSR count). The fraction of sp³-hybridized carbons (Fsp3) is 0.545. The van der Waals surface area contributed by atoms with Crippen molar-refractivity contribution in [3.05, 3.63) is 29.4 Å². The second-order valence-electron chi connectivity index (χ2n) is 8.95. The van der Waals surface area contributed by atoms with Crippen molar-refractivity contribution >= 4 is 33.1 Å². The van der Waals surface area contributed by atoms with E-state index in [1.165, 1.54) is 25.3 Å². The Labute approximate surface area is 189 Å². The van der Waals surface area contributed by atoms with E-state index in [-0.39, 0.29) is 10.9 Å². The predicted molar refractivity (Wildman–Crippen MR) is 126 cm³/mol.